The van der Waals surface area contributed by atoms with Gasteiger partial charge < -0.3 is 15.0 Å². The topological polar surface area (TPSA) is 91.7 Å². The molecule has 0 radical (unpaired) electrons. The second kappa shape index (κ2) is 7.61. The van der Waals surface area contributed by atoms with Gasteiger partial charge in [0.05, 0.1) is 0 Å². The maximum absolute atomic E-state index is 9.17. The number of aldehydes is 1. The first-order valence-corrected chi connectivity index (χ1v) is 2.46. The Hall–Kier alpha value is -1.39. The molecule has 2 N–H and O–H groups in total. The molecule has 0 aliphatic rings. The largest absolute Gasteiger partial charge is 0.473 e. The van der Waals surface area contributed by atoms with Crippen molar-refractivity contribution in [1.29, 1.82) is 0 Å². The number of rotatable bonds is 1. The number of carbonyl (C=O) groups excluding carboxylic acids is 1. The maximum Gasteiger partial charge on any atom is 0.414 e. The highest BCUT2D eigenvalue weighted by Crippen LogP contribution is 1.56. The standard InChI is InChI=1S/C3H6O.C2H2O4/c1-2-3-4;3-1(4)2(5)6/h3H,2H2,1H3;(H,3,4)(H,5,6). The van der Waals surface area contributed by atoms with E-state index in [2.05, 4.69) is 0 Å². The lowest BCUT2D eigenvalue weighted by atomic mass is 10.6. The van der Waals surface area contributed by atoms with Crippen LogP contribution in [0.5, 0.6) is 0 Å². The zero-order chi connectivity index (χ0) is 8.57. The molecule has 0 aromatic heterocycles. The number of hydrogen-bond acceptors (Lipinski definition) is 3. The van der Waals surface area contributed by atoms with Crippen molar-refractivity contribution in [2.75, 3.05) is 0 Å². The fourth-order valence-electron chi connectivity index (χ4n) is 0. The highest BCUT2D eigenvalue weighted by atomic mass is 16.4. The first-order valence-electron chi connectivity index (χ1n) is 2.46. The fourth-order valence-corrected chi connectivity index (χ4v) is 0. The Morgan fingerprint density at radius 3 is 1.50 bits per heavy atom. The molecule has 0 rings (SSSR count). The molecule has 0 saturated heterocycles. The van der Waals surface area contributed by atoms with E-state index in [-0.39, 0.29) is 0 Å². The van der Waals surface area contributed by atoms with Crippen molar-refractivity contribution in [3.63, 3.8) is 0 Å². The maximum atomic E-state index is 9.17. The van der Waals surface area contributed by atoms with Crippen LogP contribution in [0.3, 0.4) is 0 Å². The number of carbonyl (C=O) groups is 3. The van der Waals surface area contributed by atoms with Crippen molar-refractivity contribution in [2.45, 2.75) is 13.3 Å². The Balaban J connectivity index is 0. The van der Waals surface area contributed by atoms with E-state index in [0.717, 1.165) is 6.29 Å². The molecule has 0 aromatic rings. The summed E-state index contributed by atoms with van der Waals surface area (Å²) >= 11 is 0. The molecule has 10 heavy (non-hydrogen) atoms. The minimum Gasteiger partial charge on any atom is -0.473 e. The lowest BCUT2D eigenvalue weighted by Crippen LogP contribution is -2.09. The van der Waals surface area contributed by atoms with Crippen molar-refractivity contribution >= 4 is 18.2 Å². The molecular formula is C5H8O5. The van der Waals surface area contributed by atoms with Crippen LogP contribution in [-0.2, 0) is 14.4 Å². The monoisotopic (exact) mass is 148 g/mol. The van der Waals surface area contributed by atoms with Crippen LogP contribution in [0.1, 0.15) is 13.3 Å². The minimum absolute atomic E-state index is 0.639. The third-order valence-corrected chi connectivity index (χ3v) is 0.350. The van der Waals surface area contributed by atoms with E-state index in [1.54, 1.807) is 0 Å². The van der Waals surface area contributed by atoms with Gasteiger partial charge in [-0.15, -0.1) is 0 Å². The quantitative estimate of drug-likeness (QED) is 0.395. The minimum atomic E-state index is -1.82. The van der Waals surface area contributed by atoms with E-state index in [4.69, 9.17) is 19.8 Å². The lowest BCUT2D eigenvalue weighted by Gasteiger charge is -1.72. The van der Waals surface area contributed by atoms with Gasteiger partial charge in [-0.2, -0.15) is 0 Å². The van der Waals surface area contributed by atoms with Gasteiger partial charge in [0, 0.05) is 6.42 Å². The molecule has 0 amide bonds. The van der Waals surface area contributed by atoms with Crippen LogP contribution in [0, 0.1) is 0 Å². The van der Waals surface area contributed by atoms with Crippen molar-refractivity contribution in [3.05, 3.63) is 0 Å². The van der Waals surface area contributed by atoms with Gasteiger partial charge in [0.25, 0.3) is 0 Å². The van der Waals surface area contributed by atoms with E-state index >= 15 is 0 Å². The van der Waals surface area contributed by atoms with Crippen molar-refractivity contribution in [1.82, 2.24) is 0 Å². The lowest BCUT2D eigenvalue weighted by molar-refractivity contribution is -0.159. The highest BCUT2D eigenvalue weighted by Gasteiger charge is 2.04. The van der Waals surface area contributed by atoms with Crippen LogP contribution in [0.2, 0.25) is 0 Å². The predicted octanol–water partition coefficient (Wildman–Crippen LogP) is -0.249. The molecule has 58 valence electrons. The molecular weight excluding hydrogens is 140 g/mol. The van der Waals surface area contributed by atoms with Crippen LogP contribution < -0.4 is 0 Å². The summed E-state index contributed by atoms with van der Waals surface area (Å²) < 4.78 is 0. The fraction of sp³-hybridized carbons (Fsp3) is 0.400. The summed E-state index contributed by atoms with van der Waals surface area (Å²) in [5.41, 5.74) is 0. The molecule has 0 bridgehead atoms. The van der Waals surface area contributed by atoms with Crippen LogP contribution >= 0.6 is 0 Å². The van der Waals surface area contributed by atoms with Gasteiger partial charge in [-0.1, -0.05) is 6.92 Å². The summed E-state index contributed by atoms with van der Waals surface area (Å²) in [4.78, 5) is 27.4. The van der Waals surface area contributed by atoms with E-state index in [1.807, 2.05) is 6.92 Å². The smallest absolute Gasteiger partial charge is 0.414 e. The molecule has 5 nitrogen and oxygen atoms in total. The molecule has 0 aromatic carbocycles. The Labute approximate surface area is 57.3 Å². The van der Waals surface area contributed by atoms with E-state index in [9.17, 15) is 4.79 Å². The predicted molar refractivity (Wildman–Crippen MR) is 31.6 cm³/mol. The van der Waals surface area contributed by atoms with Crippen LogP contribution in [0.4, 0.5) is 0 Å². The summed E-state index contributed by atoms with van der Waals surface area (Å²) in [6, 6.07) is 0. The molecule has 0 aliphatic heterocycles. The molecule has 5 heteroatoms. The molecule has 0 unspecified atom stereocenters. The summed E-state index contributed by atoms with van der Waals surface area (Å²) in [5, 5.41) is 14.8. The molecule has 0 aliphatic carbocycles. The van der Waals surface area contributed by atoms with Gasteiger partial charge >= 0.3 is 11.9 Å². The van der Waals surface area contributed by atoms with Crippen molar-refractivity contribution < 1.29 is 24.6 Å². The van der Waals surface area contributed by atoms with Gasteiger partial charge in [0.2, 0.25) is 0 Å². The van der Waals surface area contributed by atoms with E-state index in [0.29, 0.717) is 6.42 Å². The van der Waals surface area contributed by atoms with Gasteiger partial charge in [0.15, 0.2) is 0 Å². The SMILES string of the molecule is CCC=O.O=C(O)C(=O)O. The summed E-state index contributed by atoms with van der Waals surface area (Å²) in [6.45, 7) is 1.81. The van der Waals surface area contributed by atoms with Crippen LogP contribution in [-0.4, -0.2) is 28.4 Å². The van der Waals surface area contributed by atoms with Crippen LogP contribution in [0.25, 0.3) is 0 Å². The Morgan fingerprint density at radius 1 is 1.30 bits per heavy atom. The molecule has 0 heterocycles. The number of carboxylic acid groups (broad SMARTS) is 2. The van der Waals surface area contributed by atoms with Crippen molar-refractivity contribution in [2.24, 2.45) is 0 Å². The summed E-state index contributed by atoms with van der Waals surface area (Å²) in [5.74, 6) is -3.65. The summed E-state index contributed by atoms with van der Waals surface area (Å²) in [7, 11) is 0. The Bertz CT molecular complexity index is 116. The number of carboxylic acids is 2. The second-order valence-corrected chi connectivity index (χ2v) is 1.19. The van der Waals surface area contributed by atoms with Gasteiger partial charge in [0.1, 0.15) is 6.29 Å². The molecule has 0 fully saturated rings. The van der Waals surface area contributed by atoms with E-state index in [1.165, 1.54) is 0 Å². The first-order chi connectivity index (χ1) is 4.56. The van der Waals surface area contributed by atoms with Crippen LogP contribution in [0.15, 0.2) is 0 Å². The zero-order valence-corrected chi connectivity index (χ0v) is 5.40. The highest BCUT2D eigenvalue weighted by molar-refractivity contribution is 6.27. The third-order valence-electron chi connectivity index (χ3n) is 0.350. The average molecular weight is 148 g/mol. The average Bonchev–Trinajstić information content (AvgIpc) is 1.89. The Morgan fingerprint density at radius 2 is 1.50 bits per heavy atom. The normalized spacial score (nSPS) is 6.90. The van der Waals surface area contributed by atoms with Gasteiger partial charge in [-0.05, 0) is 0 Å². The van der Waals surface area contributed by atoms with Gasteiger partial charge in [-0.3, -0.25) is 0 Å². The molecule has 0 spiro atoms. The first kappa shape index (κ1) is 11.4. The number of hydrogen-bond donors (Lipinski definition) is 2. The van der Waals surface area contributed by atoms with Crippen molar-refractivity contribution in [3.8, 4) is 0 Å². The Kier molecular flexibility index (Phi) is 8.68. The third kappa shape index (κ3) is 16.0. The molecule has 0 atom stereocenters. The molecule has 0 saturated carbocycles. The second-order valence-electron chi connectivity index (χ2n) is 1.19. The van der Waals surface area contributed by atoms with E-state index < -0.39 is 11.9 Å². The zero-order valence-electron chi connectivity index (χ0n) is 5.40. The number of aliphatic carboxylic acids is 2. The summed E-state index contributed by atoms with van der Waals surface area (Å²) in [6.07, 6.45) is 1.51. The van der Waals surface area contributed by atoms with Gasteiger partial charge in [-0.25, -0.2) is 9.59 Å².